The summed E-state index contributed by atoms with van der Waals surface area (Å²) in [6, 6.07) is 4.89. The van der Waals surface area contributed by atoms with Gasteiger partial charge in [-0.05, 0) is 26.0 Å². The Bertz CT molecular complexity index is 570. The van der Waals surface area contributed by atoms with Crippen molar-refractivity contribution < 1.29 is 23.8 Å². The number of hydrogen-bond donors (Lipinski definition) is 1. The Morgan fingerprint density at radius 3 is 2.61 bits per heavy atom. The maximum atomic E-state index is 11.1. The second-order valence-electron chi connectivity index (χ2n) is 3.57. The van der Waals surface area contributed by atoms with E-state index < -0.39 is 5.97 Å². The van der Waals surface area contributed by atoms with E-state index >= 15 is 0 Å². The number of rotatable bonds is 5. The zero-order valence-electron chi connectivity index (χ0n) is 10.2. The summed E-state index contributed by atoms with van der Waals surface area (Å²) < 4.78 is 16.2. The zero-order valence-corrected chi connectivity index (χ0v) is 10.2. The van der Waals surface area contributed by atoms with Gasteiger partial charge in [-0.2, -0.15) is 0 Å². The van der Waals surface area contributed by atoms with E-state index in [1.165, 1.54) is 6.07 Å². The largest absolute Gasteiger partial charge is 0.486 e. The number of carbonyl (C=O) groups is 1. The summed E-state index contributed by atoms with van der Waals surface area (Å²) in [5, 5.41) is 9.71. The molecule has 0 bridgehead atoms. The second-order valence-corrected chi connectivity index (χ2v) is 3.57. The summed E-state index contributed by atoms with van der Waals surface area (Å²) >= 11 is 0. The molecule has 0 saturated heterocycles. The molecule has 0 aliphatic carbocycles. The van der Waals surface area contributed by atoms with E-state index in [4.69, 9.17) is 19.0 Å². The first-order valence-electron chi connectivity index (χ1n) is 5.73. The molecule has 0 saturated carbocycles. The topological polar surface area (TPSA) is 68.9 Å². The Labute approximate surface area is 104 Å². The quantitative estimate of drug-likeness (QED) is 0.883. The van der Waals surface area contributed by atoms with Crippen LogP contribution in [0.4, 0.5) is 0 Å². The van der Waals surface area contributed by atoms with Crippen molar-refractivity contribution in [3.63, 3.8) is 0 Å². The lowest BCUT2D eigenvalue weighted by atomic mass is 10.1. The normalized spacial score (nSPS) is 10.6. The van der Waals surface area contributed by atoms with Crippen LogP contribution in [0, 0.1) is 0 Å². The summed E-state index contributed by atoms with van der Waals surface area (Å²) in [7, 11) is 0. The SMILES string of the molecule is CCOc1oc2c(C(=O)O)cccc2c1OCC. The summed E-state index contributed by atoms with van der Waals surface area (Å²) in [6.45, 7) is 4.53. The second kappa shape index (κ2) is 5.00. The van der Waals surface area contributed by atoms with E-state index in [9.17, 15) is 4.79 Å². The molecule has 0 spiro atoms. The van der Waals surface area contributed by atoms with Gasteiger partial charge in [0.1, 0.15) is 5.56 Å². The third-order valence-electron chi connectivity index (χ3n) is 2.43. The Hall–Kier alpha value is -2.17. The molecule has 1 heterocycles. The van der Waals surface area contributed by atoms with E-state index in [2.05, 4.69) is 0 Å². The van der Waals surface area contributed by atoms with Crippen LogP contribution in [0.15, 0.2) is 22.6 Å². The van der Waals surface area contributed by atoms with Crippen molar-refractivity contribution in [1.29, 1.82) is 0 Å². The minimum absolute atomic E-state index is 0.0967. The fourth-order valence-corrected chi connectivity index (χ4v) is 1.75. The zero-order chi connectivity index (χ0) is 13.1. The number of furan rings is 1. The highest BCUT2D eigenvalue weighted by atomic mass is 16.6. The predicted octanol–water partition coefficient (Wildman–Crippen LogP) is 2.93. The van der Waals surface area contributed by atoms with Crippen molar-refractivity contribution in [3.8, 4) is 11.7 Å². The number of aromatic carboxylic acids is 1. The molecule has 18 heavy (non-hydrogen) atoms. The molecule has 5 heteroatoms. The van der Waals surface area contributed by atoms with E-state index in [1.54, 1.807) is 12.1 Å². The standard InChI is InChI=1S/C13H14O5/c1-3-16-11-8-6-5-7-9(12(14)15)10(8)18-13(11)17-4-2/h5-7H,3-4H2,1-2H3,(H,14,15). The number of para-hydroxylation sites is 1. The van der Waals surface area contributed by atoms with Gasteiger partial charge in [0.05, 0.1) is 18.6 Å². The molecule has 2 aromatic rings. The average Bonchev–Trinajstić information content (AvgIpc) is 2.68. The maximum absolute atomic E-state index is 11.1. The minimum atomic E-state index is -1.04. The van der Waals surface area contributed by atoms with E-state index in [0.29, 0.717) is 24.3 Å². The number of carboxylic acids is 1. The Kier molecular flexibility index (Phi) is 3.41. The molecule has 0 radical (unpaired) electrons. The fraction of sp³-hybridized carbons (Fsp3) is 0.308. The van der Waals surface area contributed by atoms with Crippen LogP contribution in [0.5, 0.6) is 11.7 Å². The molecular weight excluding hydrogens is 236 g/mol. The van der Waals surface area contributed by atoms with Gasteiger partial charge in [-0.1, -0.05) is 6.07 Å². The number of hydrogen-bond acceptors (Lipinski definition) is 4. The number of ether oxygens (including phenoxy) is 2. The van der Waals surface area contributed by atoms with Gasteiger partial charge in [-0.3, -0.25) is 0 Å². The lowest BCUT2D eigenvalue weighted by Gasteiger charge is -2.03. The van der Waals surface area contributed by atoms with Crippen LogP contribution in [0.1, 0.15) is 24.2 Å². The molecular formula is C13H14O5. The molecule has 1 aromatic carbocycles. The van der Waals surface area contributed by atoms with Gasteiger partial charge in [-0.25, -0.2) is 4.79 Å². The van der Waals surface area contributed by atoms with Crippen LogP contribution in [0.2, 0.25) is 0 Å². The highest BCUT2D eigenvalue weighted by Gasteiger charge is 2.21. The lowest BCUT2D eigenvalue weighted by Crippen LogP contribution is -1.96. The Morgan fingerprint density at radius 1 is 1.28 bits per heavy atom. The summed E-state index contributed by atoms with van der Waals surface area (Å²) in [4.78, 5) is 11.1. The summed E-state index contributed by atoms with van der Waals surface area (Å²) in [6.07, 6.45) is 0. The number of fused-ring (bicyclic) bond motifs is 1. The van der Waals surface area contributed by atoms with Crippen molar-refractivity contribution in [2.45, 2.75) is 13.8 Å². The predicted molar refractivity (Wildman–Crippen MR) is 65.5 cm³/mol. The molecule has 0 aliphatic heterocycles. The third-order valence-corrected chi connectivity index (χ3v) is 2.43. The molecule has 0 unspecified atom stereocenters. The molecule has 0 amide bonds. The number of carboxylic acid groups (broad SMARTS) is 1. The summed E-state index contributed by atoms with van der Waals surface area (Å²) in [5.74, 6) is -0.360. The van der Waals surface area contributed by atoms with Crippen LogP contribution in [0.25, 0.3) is 11.0 Å². The van der Waals surface area contributed by atoms with Crippen molar-refractivity contribution >= 4 is 16.9 Å². The van der Waals surface area contributed by atoms with Crippen molar-refractivity contribution in [2.24, 2.45) is 0 Å². The van der Waals surface area contributed by atoms with E-state index in [-0.39, 0.29) is 17.1 Å². The lowest BCUT2D eigenvalue weighted by molar-refractivity contribution is 0.0697. The molecule has 1 N–H and O–H groups in total. The van der Waals surface area contributed by atoms with Crippen molar-refractivity contribution in [1.82, 2.24) is 0 Å². The fourth-order valence-electron chi connectivity index (χ4n) is 1.75. The highest BCUT2D eigenvalue weighted by Crippen LogP contribution is 2.40. The monoisotopic (exact) mass is 250 g/mol. The van der Waals surface area contributed by atoms with Gasteiger partial charge >= 0.3 is 11.9 Å². The van der Waals surface area contributed by atoms with Crippen LogP contribution in [-0.4, -0.2) is 24.3 Å². The Morgan fingerprint density at radius 2 is 2.00 bits per heavy atom. The van der Waals surface area contributed by atoms with E-state index in [1.807, 2.05) is 13.8 Å². The van der Waals surface area contributed by atoms with Crippen LogP contribution in [0.3, 0.4) is 0 Å². The summed E-state index contributed by atoms with van der Waals surface area (Å²) in [5.41, 5.74) is 0.372. The maximum Gasteiger partial charge on any atom is 0.339 e. The van der Waals surface area contributed by atoms with E-state index in [0.717, 1.165) is 0 Å². The third kappa shape index (κ3) is 1.99. The van der Waals surface area contributed by atoms with Crippen molar-refractivity contribution in [2.75, 3.05) is 13.2 Å². The molecule has 96 valence electrons. The van der Waals surface area contributed by atoms with Gasteiger partial charge in [0.25, 0.3) is 0 Å². The Balaban J connectivity index is 2.66. The average molecular weight is 250 g/mol. The molecule has 2 rings (SSSR count). The van der Waals surface area contributed by atoms with Gasteiger partial charge in [0, 0.05) is 0 Å². The van der Waals surface area contributed by atoms with Gasteiger partial charge in [-0.15, -0.1) is 0 Å². The van der Waals surface area contributed by atoms with Crippen molar-refractivity contribution in [3.05, 3.63) is 23.8 Å². The first-order valence-corrected chi connectivity index (χ1v) is 5.73. The van der Waals surface area contributed by atoms with Crippen LogP contribution < -0.4 is 9.47 Å². The molecule has 0 fully saturated rings. The molecule has 0 atom stereocenters. The molecule has 5 nitrogen and oxygen atoms in total. The van der Waals surface area contributed by atoms with Crippen LogP contribution >= 0.6 is 0 Å². The number of benzene rings is 1. The van der Waals surface area contributed by atoms with Gasteiger partial charge in [0.2, 0.25) is 5.75 Å². The van der Waals surface area contributed by atoms with Gasteiger partial charge < -0.3 is 19.0 Å². The first-order chi connectivity index (χ1) is 8.69. The first kappa shape index (κ1) is 12.3. The smallest absolute Gasteiger partial charge is 0.339 e. The van der Waals surface area contributed by atoms with Crippen LogP contribution in [-0.2, 0) is 0 Å². The highest BCUT2D eigenvalue weighted by molar-refractivity contribution is 6.03. The minimum Gasteiger partial charge on any atom is -0.486 e. The molecule has 1 aromatic heterocycles. The van der Waals surface area contributed by atoms with Gasteiger partial charge in [0.15, 0.2) is 5.58 Å². The molecule has 0 aliphatic rings.